The van der Waals surface area contributed by atoms with Crippen molar-refractivity contribution in [1.82, 2.24) is 19.7 Å². The van der Waals surface area contributed by atoms with E-state index in [-0.39, 0.29) is 15.7 Å². The van der Waals surface area contributed by atoms with Gasteiger partial charge in [-0.15, -0.1) is 5.10 Å². The first-order valence-corrected chi connectivity index (χ1v) is 10.9. The summed E-state index contributed by atoms with van der Waals surface area (Å²) in [5.74, 6) is -2.04. The Kier molecular flexibility index (Phi) is 6.45. The number of nitrogens with zero attached hydrogens (tertiary/aromatic N) is 4. The molecule has 0 bridgehead atoms. The number of rotatable bonds is 4. The van der Waals surface area contributed by atoms with E-state index in [0.29, 0.717) is 15.3 Å². The van der Waals surface area contributed by atoms with Gasteiger partial charge in [-0.2, -0.15) is 26.3 Å². The number of benzene rings is 2. The number of fused-ring (bicyclic) bond motifs is 1. The Bertz CT molecular complexity index is 1400. The zero-order valence-corrected chi connectivity index (χ0v) is 19.5. The molecule has 0 aliphatic heterocycles. The molecule has 2 aromatic heterocycles. The molecule has 0 amide bonds. The van der Waals surface area contributed by atoms with Gasteiger partial charge in [0.2, 0.25) is 5.82 Å². The van der Waals surface area contributed by atoms with Gasteiger partial charge < -0.3 is 10.5 Å². The first-order valence-electron chi connectivity index (χ1n) is 9.31. The number of methoxy groups -OCH3 is 1. The second-order valence-electron chi connectivity index (χ2n) is 6.90. The number of nitrogens with two attached hydrogens (primary N) is 1. The number of ether oxygens (including phenoxy) is 1. The third-order valence-electron chi connectivity index (χ3n) is 4.59. The number of hydrogen-bond donors (Lipinski definition) is 1. The molecule has 0 fully saturated rings. The fourth-order valence-electron chi connectivity index (χ4n) is 3.10. The Morgan fingerprint density at radius 1 is 0.914 bits per heavy atom. The summed E-state index contributed by atoms with van der Waals surface area (Å²) in [6.45, 7) is 0. The van der Waals surface area contributed by atoms with E-state index in [9.17, 15) is 26.3 Å². The Hall–Kier alpha value is -2.90. The van der Waals surface area contributed by atoms with Crippen LogP contribution in [0.1, 0.15) is 11.5 Å². The lowest BCUT2D eigenvalue weighted by Crippen LogP contribution is -2.17. The van der Waals surface area contributed by atoms with E-state index in [1.807, 2.05) is 0 Å². The monoisotopic (exact) mass is 553 g/mol. The lowest BCUT2D eigenvalue weighted by atomic mass is 10.2. The van der Waals surface area contributed by atoms with E-state index in [1.165, 1.54) is 31.0 Å². The zero-order chi connectivity index (χ0) is 25.7. The molecule has 35 heavy (non-hydrogen) atoms. The third kappa shape index (κ3) is 4.93. The fraction of sp³-hybridized carbons (Fsp3) is 0.150. The Morgan fingerprint density at radius 3 is 2.03 bits per heavy atom. The predicted molar refractivity (Wildman–Crippen MR) is 118 cm³/mol. The standard InChI is InChI=1S/C20H11Cl2F6N5OS/c1-34-8-2-4-9(5-3-8)35-10-6-11(21)14(12(22)7-10)33-16(29)13-15(19(23,24)25)30-18(20(26,27)28)31-17(13)32-33/h2-7H,29H2,1H3. The van der Waals surface area contributed by atoms with E-state index in [1.54, 1.807) is 24.3 Å². The second-order valence-corrected chi connectivity index (χ2v) is 8.86. The molecule has 0 saturated heterocycles. The maximum absolute atomic E-state index is 13.5. The van der Waals surface area contributed by atoms with Crippen LogP contribution in [0.15, 0.2) is 46.2 Å². The predicted octanol–water partition coefficient (Wildman–Crippen LogP) is 6.90. The normalized spacial score (nSPS) is 12.4. The molecule has 15 heteroatoms. The summed E-state index contributed by atoms with van der Waals surface area (Å²) in [4.78, 5) is 7.16. The molecule has 0 spiro atoms. The van der Waals surface area contributed by atoms with Gasteiger partial charge in [0.05, 0.1) is 22.5 Å². The molecule has 4 rings (SSSR count). The molecule has 184 valence electrons. The van der Waals surface area contributed by atoms with Gasteiger partial charge in [0, 0.05) is 9.79 Å². The van der Waals surface area contributed by atoms with Crippen LogP contribution in [0.25, 0.3) is 16.7 Å². The van der Waals surface area contributed by atoms with Crippen LogP contribution in [0.5, 0.6) is 5.75 Å². The summed E-state index contributed by atoms with van der Waals surface area (Å²) < 4.78 is 85.7. The molecular formula is C20H11Cl2F6N5OS. The molecule has 0 unspecified atom stereocenters. The van der Waals surface area contributed by atoms with Gasteiger partial charge in [0.15, 0.2) is 11.3 Å². The van der Waals surface area contributed by atoms with Gasteiger partial charge in [-0.1, -0.05) is 35.0 Å². The lowest BCUT2D eigenvalue weighted by Gasteiger charge is -2.12. The van der Waals surface area contributed by atoms with Crippen LogP contribution in [0.4, 0.5) is 32.2 Å². The minimum absolute atomic E-state index is 0.0643. The van der Waals surface area contributed by atoms with Crippen LogP contribution in [0.2, 0.25) is 10.0 Å². The Morgan fingerprint density at radius 2 is 1.51 bits per heavy atom. The van der Waals surface area contributed by atoms with Gasteiger partial charge in [-0.05, 0) is 36.4 Å². The summed E-state index contributed by atoms with van der Waals surface area (Å²) in [6, 6.07) is 9.97. The van der Waals surface area contributed by atoms with Crippen molar-refractivity contribution in [2.75, 3.05) is 12.8 Å². The molecule has 0 radical (unpaired) electrons. The molecule has 2 aromatic carbocycles. The van der Waals surface area contributed by atoms with Gasteiger partial charge in [-0.25, -0.2) is 14.6 Å². The van der Waals surface area contributed by atoms with Crippen LogP contribution in [-0.2, 0) is 12.4 Å². The number of aromatic nitrogens is 4. The van der Waals surface area contributed by atoms with Gasteiger partial charge in [0.25, 0.3) is 0 Å². The fourth-order valence-corrected chi connectivity index (χ4v) is 4.77. The second kappa shape index (κ2) is 8.95. The highest BCUT2D eigenvalue weighted by atomic mass is 35.5. The average molecular weight is 554 g/mol. The Labute approximate surface area is 207 Å². The summed E-state index contributed by atoms with van der Waals surface area (Å²) in [5, 5.41) is 2.70. The van der Waals surface area contributed by atoms with Crippen molar-refractivity contribution in [3.8, 4) is 11.4 Å². The summed E-state index contributed by atoms with van der Waals surface area (Å²) in [7, 11) is 1.53. The van der Waals surface area contributed by atoms with Gasteiger partial charge >= 0.3 is 12.4 Å². The third-order valence-corrected chi connectivity index (χ3v) is 6.14. The molecule has 2 N–H and O–H groups in total. The number of anilines is 1. The molecule has 2 heterocycles. The molecular weight excluding hydrogens is 543 g/mol. The van der Waals surface area contributed by atoms with Crippen molar-refractivity contribution in [3.05, 3.63) is 58.0 Å². The smallest absolute Gasteiger partial charge is 0.451 e. The maximum Gasteiger partial charge on any atom is 0.451 e. The summed E-state index contributed by atoms with van der Waals surface area (Å²) >= 11 is 14.0. The topological polar surface area (TPSA) is 78.8 Å². The molecule has 0 atom stereocenters. The quantitative estimate of drug-likeness (QED) is 0.277. The van der Waals surface area contributed by atoms with Crippen LogP contribution in [0, 0.1) is 0 Å². The average Bonchev–Trinajstić information content (AvgIpc) is 3.08. The van der Waals surface area contributed by atoms with Crippen LogP contribution in [0.3, 0.4) is 0 Å². The van der Waals surface area contributed by atoms with Crippen molar-refractivity contribution in [3.63, 3.8) is 0 Å². The SMILES string of the molecule is COc1ccc(Sc2cc(Cl)c(-n3nc4nc(C(F)(F)F)nc(C(F)(F)F)c4c3N)c(Cl)c2)cc1. The molecule has 0 saturated carbocycles. The lowest BCUT2D eigenvalue weighted by molar-refractivity contribution is -0.151. The van der Waals surface area contributed by atoms with Gasteiger partial charge in [0.1, 0.15) is 17.3 Å². The van der Waals surface area contributed by atoms with Crippen LogP contribution >= 0.6 is 35.0 Å². The number of halogens is 8. The van der Waals surface area contributed by atoms with E-state index in [4.69, 9.17) is 33.7 Å². The van der Waals surface area contributed by atoms with E-state index in [0.717, 1.165) is 4.90 Å². The highest BCUT2D eigenvalue weighted by Gasteiger charge is 2.43. The first-order chi connectivity index (χ1) is 16.3. The first kappa shape index (κ1) is 25.2. The maximum atomic E-state index is 13.5. The molecule has 6 nitrogen and oxygen atoms in total. The van der Waals surface area contributed by atoms with Crippen LogP contribution < -0.4 is 10.5 Å². The zero-order valence-electron chi connectivity index (χ0n) is 17.2. The van der Waals surface area contributed by atoms with Gasteiger partial charge in [-0.3, -0.25) is 0 Å². The molecule has 0 aliphatic rings. The van der Waals surface area contributed by atoms with Crippen molar-refractivity contribution in [2.45, 2.75) is 22.1 Å². The van der Waals surface area contributed by atoms with E-state index in [2.05, 4.69) is 15.1 Å². The van der Waals surface area contributed by atoms with Crippen molar-refractivity contribution in [1.29, 1.82) is 0 Å². The summed E-state index contributed by atoms with van der Waals surface area (Å²) in [5.41, 5.74) is 2.93. The Balaban J connectivity index is 1.83. The molecule has 4 aromatic rings. The van der Waals surface area contributed by atoms with Crippen molar-refractivity contribution >= 4 is 51.8 Å². The number of nitrogen functional groups attached to an aromatic ring is 1. The minimum Gasteiger partial charge on any atom is -0.497 e. The highest BCUT2D eigenvalue weighted by Crippen LogP contribution is 2.42. The van der Waals surface area contributed by atoms with E-state index < -0.39 is 40.7 Å². The van der Waals surface area contributed by atoms with Crippen LogP contribution in [-0.4, -0.2) is 26.9 Å². The molecule has 0 aliphatic carbocycles. The van der Waals surface area contributed by atoms with Crippen molar-refractivity contribution in [2.24, 2.45) is 0 Å². The highest BCUT2D eigenvalue weighted by molar-refractivity contribution is 7.99. The minimum atomic E-state index is -5.27. The summed E-state index contributed by atoms with van der Waals surface area (Å²) in [6.07, 6.45) is -10.5. The van der Waals surface area contributed by atoms with E-state index >= 15 is 0 Å². The van der Waals surface area contributed by atoms with Crippen molar-refractivity contribution < 1.29 is 31.1 Å². The number of hydrogen-bond acceptors (Lipinski definition) is 6. The number of alkyl halides is 6. The largest absolute Gasteiger partial charge is 0.497 e.